The highest BCUT2D eigenvalue weighted by Gasteiger charge is 2.13. The molecule has 8 heteroatoms. The summed E-state index contributed by atoms with van der Waals surface area (Å²) >= 11 is 0. The van der Waals surface area contributed by atoms with Crippen LogP contribution >= 0.6 is 0 Å². The summed E-state index contributed by atoms with van der Waals surface area (Å²) in [6.07, 6.45) is -0.357. The highest BCUT2D eigenvalue weighted by atomic mass is 16.6. The largest absolute Gasteiger partial charge is 0.481 e. The molecule has 0 aliphatic rings. The van der Waals surface area contributed by atoms with Crippen LogP contribution in [0.5, 0.6) is 0 Å². The van der Waals surface area contributed by atoms with Gasteiger partial charge in [0.1, 0.15) is 0 Å². The van der Waals surface area contributed by atoms with E-state index < -0.39 is 16.9 Å². The van der Waals surface area contributed by atoms with Gasteiger partial charge in [-0.05, 0) is 6.07 Å². The summed E-state index contributed by atoms with van der Waals surface area (Å²) in [6.45, 7) is 0.174. The summed E-state index contributed by atoms with van der Waals surface area (Å²) in [5.41, 5.74) is 0.305. The number of nitro groups is 1. The van der Waals surface area contributed by atoms with E-state index in [2.05, 4.69) is 0 Å². The molecule has 0 unspecified atom stereocenters. The molecular formula is C12H14N2O6. The van der Waals surface area contributed by atoms with Gasteiger partial charge >= 0.3 is 11.9 Å². The lowest BCUT2D eigenvalue weighted by molar-refractivity contribution is -0.384. The second-order valence-electron chi connectivity index (χ2n) is 4.05. The van der Waals surface area contributed by atoms with Crippen molar-refractivity contribution < 1.29 is 24.7 Å². The van der Waals surface area contributed by atoms with E-state index in [0.717, 1.165) is 0 Å². The fraction of sp³-hybridized carbons (Fsp3) is 0.333. The number of hydrogen-bond donors (Lipinski definition) is 2. The van der Waals surface area contributed by atoms with Crippen molar-refractivity contribution in [2.45, 2.75) is 12.8 Å². The molecule has 0 aromatic heterocycles. The molecule has 0 bridgehead atoms. The monoisotopic (exact) mass is 282 g/mol. The van der Waals surface area contributed by atoms with Crippen LogP contribution in [0.1, 0.15) is 12.8 Å². The summed E-state index contributed by atoms with van der Waals surface area (Å²) in [5.74, 6) is -2.04. The van der Waals surface area contributed by atoms with Gasteiger partial charge in [0.25, 0.3) is 5.69 Å². The lowest BCUT2D eigenvalue weighted by Gasteiger charge is -2.23. The number of carboxylic acids is 2. The van der Waals surface area contributed by atoms with Crippen LogP contribution in [0.3, 0.4) is 0 Å². The van der Waals surface area contributed by atoms with Crippen molar-refractivity contribution in [3.05, 3.63) is 34.4 Å². The molecule has 0 aliphatic carbocycles. The highest BCUT2D eigenvalue weighted by Crippen LogP contribution is 2.21. The van der Waals surface area contributed by atoms with E-state index >= 15 is 0 Å². The first kappa shape index (κ1) is 15.4. The summed E-state index contributed by atoms with van der Waals surface area (Å²) < 4.78 is 0. The van der Waals surface area contributed by atoms with Gasteiger partial charge in [0.2, 0.25) is 0 Å². The van der Waals surface area contributed by atoms with Crippen molar-refractivity contribution in [1.29, 1.82) is 0 Å². The number of carbonyl (C=O) groups is 2. The van der Waals surface area contributed by atoms with Gasteiger partial charge in [-0.15, -0.1) is 0 Å². The van der Waals surface area contributed by atoms with Gasteiger partial charge in [0.15, 0.2) is 0 Å². The maximum Gasteiger partial charge on any atom is 0.305 e. The number of hydrogen-bond acceptors (Lipinski definition) is 5. The first-order valence-corrected chi connectivity index (χ1v) is 5.83. The molecular weight excluding hydrogens is 268 g/mol. The van der Waals surface area contributed by atoms with Gasteiger partial charge in [0.05, 0.1) is 17.8 Å². The minimum Gasteiger partial charge on any atom is -0.481 e. The highest BCUT2D eigenvalue weighted by molar-refractivity contribution is 5.69. The van der Waals surface area contributed by atoms with Crippen molar-refractivity contribution in [3.8, 4) is 0 Å². The molecule has 8 nitrogen and oxygen atoms in total. The Morgan fingerprint density at radius 1 is 1.15 bits per heavy atom. The lowest BCUT2D eigenvalue weighted by atomic mass is 10.2. The molecule has 1 rings (SSSR count). The van der Waals surface area contributed by atoms with Gasteiger partial charge in [-0.1, -0.05) is 6.07 Å². The molecule has 0 fully saturated rings. The number of nitro benzene ring substituents is 1. The Morgan fingerprint density at radius 2 is 1.70 bits per heavy atom. The van der Waals surface area contributed by atoms with Gasteiger partial charge in [-0.2, -0.15) is 0 Å². The summed E-state index contributed by atoms with van der Waals surface area (Å²) in [7, 11) is 0. The predicted octanol–water partition coefficient (Wildman–Crippen LogP) is 1.35. The van der Waals surface area contributed by atoms with Crippen LogP contribution in [0.2, 0.25) is 0 Å². The topological polar surface area (TPSA) is 121 Å². The zero-order chi connectivity index (χ0) is 15.1. The molecule has 0 saturated carbocycles. The Kier molecular flexibility index (Phi) is 5.45. The maximum atomic E-state index is 10.7. The standard InChI is InChI=1S/C12H14N2O6/c15-11(16)4-6-13(7-5-12(17)18)9-2-1-3-10(8-9)14(19)20/h1-3,8H,4-7H2,(H,15,16)(H,17,18). The number of anilines is 1. The van der Waals surface area contributed by atoms with Crippen LogP contribution in [-0.4, -0.2) is 40.2 Å². The van der Waals surface area contributed by atoms with E-state index in [9.17, 15) is 19.7 Å². The first-order valence-electron chi connectivity index (χ1n) is 5.83. The van der Waals surface area contributed by atoms with E-state index in [4.69, 9.17) is 10.2 Å². The van der Waals surface area contributed by atoms with Crippen molar-refractivity contribution in [2.75, 3.05) is 18.0 Å². The number of carboxylic acid groups (broad SMARTS) is 2. The fourth-order valence-electron chi connectivity index (χ4n) is 1.63. The van der Waals surface area contributed by atoms with Crippen LogP contribution in [-0.2, 0) is 9.59 Å². The lowest BCUT2D eigenvalue weighted by Crippen LogP contribution is -2.28. The Bertz CT molecular complexity index is 498. The zero-order valence-electron chi connectivity index (χ0n) is 10.6. The molecule has 0 atom stereocenters. The quantitative estimate of drug-likeness (QED) is 0.545. The normalized spacial score (nSPS) is 10.0. The van der Waals surface area contributed by atoms with Crippen molar-refractivity contribution in [1.82, 2.24) is 0 Å². The Morgan fingerprint density at radius 3 is 2.15 bits per heavy atom. The third-order valence-electron chi connectivity index (χ3n) is 2.60. The van der Waals surface area contributed by atoms with Crippen molar-refractivity contribution in [2.24, 2.45) is 0 Å². The summed E-state index contributed by atoms with van der Waals surface area (Å²) in [5, 5.41) is 28.1. The number of rotatable bonds is 8. The van der Waals surface area contributed by atoms with E-state index in [1.54, 1.807) is 6.07 Å². The Balaban J connectivity index is 2.89. The maximum absolute atomic E-state index is 10.7. The van der Waals surface area contributed by atoms with E-state index in [0.29, 0.717) is 5.69 Å². The molecule has 20 heavy (non-hydrogen) atoms. The van der Waals surface area contributed by atoms with Crippen molar-refractivity contribution >= 4 is 23.3 Å². The molecule has 108 valence electrons. The van der Waals surface area contributed by atoms with E-state index in [1.165, 1.54) is 23.1 Å². The van der Waals surface area contributed by atoms with Gasteiger partial charge in [-0.25, -0.2) is 0 Å². The minimum atomic E-state index is -1.02. The second kappa shape index (κ2) is 7.07. The molecule has 0 amide bonds. The smallest absolute Gasteiger partial charge is 0.305 e. The molecule has 1 aromatic carbocycles. The third-order valence-corrected chi connectivity index (χ3v) is 2.60. The second-order valence-corrected chi connectivity index (χ2v) is 4.05. The number of benzene rings is 1. The third kappa shape index (κ3) is 4.92. The molecule has 0 saturated heterocycles. The van der Waals surface area contributed by atoms with E-state index in [-0.39, 0.29) is 31.6 Å². The van der Waals surface area contributed by atoms with Gasteiger partial charge in [0, 0.05) is 30.9 Å². The van der Waals surface area contributed by atoms with Crippen LogP contribution in [0.15, 0.2) is 24.3 Å². The van der Waals surface area contributed by atoms with E-state index in [1.807, 2.05) is 0 Å². The Hall–Kier alpha value is -2.64. The molecule has 0 radical (unpaired) electrons. The van der Waals surface area contributed by atoms with Crippen LogP contribution in [0, 0.1) is 10.1 Å². The molecule has 2 N–H and O–H groups in total. The fourth-order valence-corrected chi connectivity index (χ4v) is 1.63. The van der Waals surface area contributed by atoms with Crippen LogP contribution in [0.25, 0.3) is 0 Å². The van der Waals surface area contributed by atoms with Crippen LogP contribution < -0.4 is 4.90 Å². The Labute approximate surface area is 114 Å². The molecule has 0 spiro atoms. The number of aliphatic carboxylic acids is 2. The van der Waals surface area contributed by atoms with Crippen LogP contribution in [0.4, 0.5) is 11.4 Å². The summed E-state index contributed by atoms with van der Waals surface area (Å²) in [4.78, 5) is 32.9. The molecule has 0 aliphatic heterocycles. The average molecular weight is 282 g/mol. The first-order chi connectivity index (χ1) is 9.40. The molecule has 1 aromatic rings. The van der Waals surface area contributed by atoms with Gasteiger partial charge < -0.3 is 15.1 Å². The average Bonchev–Trinajstić information content (AvgIpc) is 2.38. The summed E-state index contributed by atoms with van der Waals surface area (Å²) in [6, 6.07) is 5.67. The van der Waals surface area contributed by atoms with Gasteiger partial charge in [-0.3, -0.25) is 19.7 Å². The van der Waals surface area contributed by atoms with Crippen molar-refractivity contribution in [3.63, 3.8) is 0 Å². The number of non-ortho nitro benzene ring substituents is 1. The molecule has 0 heterocycles. The number of nitrogens with zero attached hydrogens (tertiary/aromatic N) is 2. The zero-order valence-corrected chi connectivity index (χ0v) is 10.6. The minimum absolute atomic E-state index is 0.0871. The SMILES string of the molecule is O=C(O)CCN(CCC(=O)O)c1cccc([N+](=O)[O-])c1. The predicted molar refractivity (Wildman–Crippen MR) is 69.8 cm³/mol.